The van der Waals surface area contributed by atoms with Crippen LogP contribution in [0.1, 0.15) is 51.0 Å². The number of hydrogen-bond donors (Lipinski definition) is 1. The molecule has 74 valence electrons. The van der Waals surface area contributed by atoms with Gasteiger partial charge in [-0.2, -0.15) is 5.10 Å². The first-order chi connectivity index (χ1) is 6.06. The van der Waals surface area contributed by atoms with Crippen LogP contribution in [0.15, 0.2) is 6.07 Å². The van der Waals surface area contributed by atoms with E-state index in [1.165, 1.54) is 0 Å². The van der Waals surface area contributed by atoms with Crippen LogP contribution in [0, 0.1) is 0 Å². The molecule has 0 amide bonds. The molecular formula is C10H19N3. The van der Waals surface area contributed by atoms with Crippen molar-refractivity contribution in [3.63, 3.8) is 0 Å². The summed E-state index contributed by atoms with van der Waals surface area (Å²) < 4.78 is 1.99. The van der Waals surface area contributed by atoms with Crippen LogP contribution in [-0.4, -0.2) is 9.78 Å². The minimum atomic E-state index is 0.0694. The largest absolute Gasteiger partial charge is 0.323 e. The molecule has 0 saturated heterocycles. The third kappa shape index (κ3) is 2.10. The van der Waals surface area contributed by atoms with Gasteiger partial charge in [0, 0.05) is 12.6 Å². The minimum Gasteiger partial charge on any atom is -0.323 e. The van der Waals surface area contributed by atoms with E-state index in [2.05, 4.69) is 31.9 Å². The van der Waals surface area contributed by atoms with E-state index in [4.69, 9.17) is 5.73 Å². The second-order valence-electron chi connectivity index (χ2n) is 3.75. The normalized spacial score (nSPS) is 13.7. The lowest BCUT2D eigenvalue weighted by atomic mass is 10.1. The molecule has 1 atom stereocenters. The minimum absolute atomic E-state index is 0.0694. The molecule has 1 aromatic heterocycles. The zero-order chi connectivity index (χ0) is 10.0. The van der Waals surface area contributed by atoms with Crippen molar-refractivity contribution in [2.75, 3.05) is 0 Å². The third-order valence-electron chi connectivity index (χ3n) is 2.19. The molecule has 2 N–H and O–H groups in total. The highest BCUT2D eigenvalue weighted by Gasteiger charge is 2.11. The van der Waals surface area contributed by atoms with Crippen molar-refractivity contribution in [1.29, 1.82) is 0 Å². The molecule has 0 aromatic carbocycles. The fraction of sp³-hybridized carbons (Fsp3) is 0.700. The predicted octanol–water partition coefficient (Wildman–Crippen LogP) is 2.05. The third-order valence-corrected chi connectivity index (χ3v) is 2.19. The van der Waals surface area contributed by atoms with Crippen LogP contribution >= 0.6 is 0 Å². The molecule has 0 aliphatic carbocycles. The summed E-state index contributed by atoms with van der Waals surface area (Å²) in [5, 5.41) is 4.49. The van der Waals surface area contributed by atoms with Gasteiger partial charge in [-0.3, -0.25) is 4.68 Å². The Hall–Kier alpha value is -0.830. The van der Waals surface area contributed by atoms with Crippen LogP contribution in [0.25, 0.3) is 0 Å². The summed E-state index contributed by atoms with van der Waals surface area (Å²) in [6.45, 7) is 9.26. The summed E-state index contributed by atoms with van der Waals surface area (Å²) in [6.07, 6.45) is 0. The molecule has 0 saturated carbocycles. The van der Waals surface area contributed by atoms with Crippen molar-refractivity contribution in [1.82, 2.24) is 9.78 Å². The Morgan fingerprint density at radius 2 is 2.08 bits per heavy atom. The van der Waals surface area contributed by atoms with E-state index in [-0.39, 0.29) is 6.04 Å². The molecule has 0 fully saturated rings. The maximum atomic E-state index is 5.84. The van der Waals surface area contributed by atoms with Gasteiger partial charge in [0.25, 0.3) is 0 Å². The lowest BCUT2D eigenvalue weighted by Gasteiger charge is -2.06. The first-order valence-electron chi connectivity index (χ1n) is 4.89. The number of hydrogen-bond acceptors (Lipinski definition) is 2. The monoisotopic (exact) mass is 181 g/mol. The Balaban J connectivity index is 3.04. The molecule has 3 heteroatoms. The summed E-state index contributed by atoms with van der Waals surface area (Å²) in [4.78, 5) is 0. The number of aromatic nitrogens is 2. The van der Waals surface area contributed by atoms with Crippen LogP contribution in [0.2, 0.25) is 0 Å². The maximum Gasteiger partial charge on any atom is 0.0653 e. The summed E-state index contributed by atoms with van der Waals surface area (Å²) in [6, 6.07) is 2.18. The van der Waals surface area contributed by atoms with Crippen LogP contribution < -0.4 is 5.73 Å². The van der Waals surface area contributed by atoms with Gasteiger partial charge >= 0.3 is 0 Å². The Kier molecular flexibility index (Phi) is 3.09. The van der Waals surface area contributed by atoms with Crippen molar-refractivity contribution < 1.29 is 0 Å². The summed E-state index contributed by atoms with van der Waals surface area (Å²) in [5.41, 5.74) is 8.11. The first-order valence-corrected chi connectivity index (χ1v) is 4.89. The molecule has 1 aromatic rings. The van der Waals surface area contributed by atoms with Gasteiger partial charge in [0.15, 0.2) is 0 Å². The van der Waals surface area contributed by atoms with Crippen molar-refractivity contribution in [2.24, 2.45) is 5.73 Å². The smallest absolute Gasteiger partial charge is 0.0653 e. The van der Waals surface area contributed by atoms with Crippen LogP contribution in [0.5, 0.6) is 0 Å². The number of nitrogens with two attached hydrogens (primary N) is 1. The standard InChI is InChI=1S/C10H19N3/c1-5-13-10(8(4)11)6-9(12-13)7(2)3/h6-8H,5,11H2,1-4H3/t8-/m0/s1. The van der Waals surface area contributed by atoms with Crippen molar-refractivity contribution in [3.8, 4) is 0 Å². The molecule has 3 nitrogen and oxygen atoms in total. The molecule has 1 heterocycles. The highest BCUT2D eigenvalue weighted by atomic mass is 15.3. The number of aryl methyl sites for hydroxylation is 1. The highest BCUT2D eigenvalue weighted by molar-refractivity contribution is 5.15. The Bertz CT molecular complexity index is 274. The summed E-state index contributed by atoms with van der Waals surface area (Å²) in [5.74, 6) is 0.477. The average Bonchev–Trinajstić information content (AvgIpc) is 2.47. The summed E-state index contributed by atoms with van der Waals surface area (Å²) in [7, 11) is 0. The Morgan fingerprint density at radius 1 is 1.46 bits per heavy atom. The second-order valence-corrected chi connectivity index (χ2v) is 3.75. The Labute approximate surface area is 79.9 Å². The van der Waals surface area contributed by atoms with E-state index in [9.17, 15) is 0 Å². The lowest BCUT2D eigenvalue weighted by Crippen LogP contribution is -2.12. The van der Waals surface area contributed by atoms with E-state index < -0.39 is 0 Å². The van der Waals surface area contributed by atoms with Gasteiger partial charge in [-0.05, 0) is 25.8 Å². The molecule has 0 aliphatic heterocycles. The van der Waals surface area contributed by atoms with E-state index in [1.54, 1.807) is 0 Å². The van der Waals surface area contributed by atoms with Crippen LogP contribution in [0.3, 0.4) is 0 Å². The van der Waals surface area contributed by atoms with Crippen molar-refractivity contribution in [2.45, 2.75) is 46.2 Å². The van der Waals surface area contributed by atoms with Crippen LogP contribution in [-0.2, 0) is 6.54 Å². The van der Waals surface area contributed by atoms with Gasteiger partial charge in [-0.1, -0.05) is 13.8 Å². The van der Waals surface area contributed by atoms with Gasteiger partial charge in [0.1, 0.15) is 0 Å². The molecule has 0 unspecified atom stereocenters. The molecular weight excluding hydrogens is 162 g/mol. The van der Waals surface area contributed by atoms with E-state index in [1.807, 2.05) is 11.6 Å². The van der Waals surface area contributed by atoms with Crippen LogP contribution in [0.4, 0.5) is 0 Å². The molecule has 0 bridgehead atoms. The molecule has 0 spiro atoms. The second kappa shape index (κ2) is 3.92. The molecule has 0 aliphatic rings. The average molecular weight is 181 g/mol. The van der Waals surface area contributed by atoms with E-state index in [0.29, 0.717) is 5.92 Å². The number of nitrogens with zero attached hydrogens (tertiary/aromatic N) is 2. The zero-order valence-electron chi connectivity index (χ0n) is 8.91. The summed E-state index contributed by atoms with van der Waals surface area (Å²) >= 11 is 0. The van der Waals surface area contributed by atoms with Crippen molar-refractivity contribution in [3.05, 3.63) is 17.5 Å². The lowest BCUT2D eigenvalue weighted by molar-refractivity contribution is 0.580. The zero-order valence-corrected chi connectivity index (χ0v) is 8.91. The number of rotatable bonds is 3. The molecule has 1 rings (SSSR count). The van der Waals surface area contributed by atoms with Gasteiger partial charge in [0.05, 0.1) is 11.4 Å². The first kappa shape index (κ1) is 10.3. The fourth-order valence-electron chi connectivity index (χ4n) is 1.35. The maximum absolute atomic E-state index is 5.84. The predicted molar refractivity (Wildman–Crippen MR) is 54.6 cm³/mol. The van der Waals surface area contributed by atoms with E-state index in [0.717, 1.165) is 17.9 Å². The SMILES string of the molecule is CCn1nc(C(C)C)cc1[C@H](C)N. The highest BCUT2D eigenvalue weighted by Crippen LogP contribution is 2.17. The van der Waals surface area contributed by atoms with Gasteiger partial charge in [0.2, 0.25) is 0 Å². The topological polar surface area (TPSA) is 43.8 Å². The van der Waals surface area contributed by atoms with Gasteiger partial charge < -0.3 is 5.73 Å². The van der Waals surface area contributed by atoms with Gasteiger partial charge in [-0.15, -0.1) is 0 Å². The molecule has 0 radical (unpaired) electrons. The van der Waals surface area contributed by atoms with E-state index >= 15 is 0 Å². The molecule has 13 heavy (non-hydrogen) atoms. The van der Waals surface area contributed by atoms with Crippen molar-refractivity contribution >= 4 is 0 Å². The fourth-order valence-corrected chi connectivity index (χ4v) is 1.35. The quantitative estimate of drug-likeness (QED) is 0.775. The van der Waals surface area contributed by atoms with Gasteiger partial charge in [-0.25, -0.2) is 0 Å². The Morgan fingerprint density at radius 3 is 2.38 bits per heavy atom.